The Morgan fingerprint density at radius 1 is 1.29 bits per heavy atom. The zero-order valence-electron chi connectivity index (χ0n) is 11.2. The molecule has 2 unspecified atom stereocenters. The van der Waals surface area contributed by atoms with Crippen LogP contribution >= 0.6 is 0 Å². The Balaban J connectivity index is 2.61. The number of rotatable bonds is 5. The van der Waals surface area contributed by atoms with E-state index in [2.05, 4.69) is 13.8 Å². The zero-order valence-corrected chi connectivity index (χ0v) is 11.2. The van der Waals surface area contributed by atoms with Crippen molar-refractivity contribution in [1.29, 1.82) is 0 Å². The number of hydrogen-bond acceptors (Lipinski definition) is 2. The molecule has 0 fully saturated rings. The summed E-state index contributed by atoms with van der Waals surface area (Å²) in [6, 6.07) is 7.95. The van der Waals surface area contributed by atoms with E-state index in [1.807, 2.05) is 38.1 Å². The lowest BCUT2D eigenvalue weighted by molar-refractivity contribution is -0.146. The molecule has 0 saturated heterocycles. The van der Waals surface area contributed by atoms with E-state index in [-0.39, 0.29) is 11.9 Å². The summed E-state index contributed by atoms with van der Waals surface area (Å²) in [5.41, 5.74) is 2.20. The second kappa shape index (κ2) is 6.43. The molecular weight excluding hydrogens is 212 g/mol. The van der Waals surface area contributed by atoms with E-state index in [4.69, 9.17) is 4.74 Å². The number of hydrogen-bond donors (Lipinski definition) is 0. The number of aryl methyl sites for hydroxylation is 1. The predicted molar refractivity (Wildman–Crippen MR) is 70.0 cm³/mol. The summed E-state index contributed by atoms with van der Waals surface area (Å²) < 4.78 is 5.33. The highest BCUT2D eigenvalue weighted by molar-refractivity contribution is 5.78. The molecule has 2 heteroatoms. The van der Waals surface area contributed by atoms with Gasteiger partial charge in [0.1, 0.15) is 0 Å². The quantitative estimate of drug-likeness (QED) is 0.726. The van der Waals surface area contributed by atoms with Crippen LogP contribution in [0.25, 0.3) is 0 Å². The summed E-state index contributed by atoms with van der Waals surface area (Å²) in [6.07, 6.45) is 1.03. The van der Waals surface area contributed by atoms with Gasteiger partial charge < -0.3 is 4.74 Å². The maximum absolute atomic E-state index is 11.9. The van der Waals surface area contributed by atoms with Crippen LogP contribution in [0.1, 0.15) is 44.2 Å². The number of esters is 1. The van der Waals surface area contributed by atoms with Crippen LogP contribution in [0.15, 0.2) is 24.3 Å². The molecule has 1 aromatic carbocycles. The molecule has 0 aliphatic rings. The van der Waals surface area contributed by atoms with Crippen molar-refractivity contribution < 1.29 is 9.53 Å². The first-order valence-corrected chi connectivity index (χ1v) is 6.28. The van der Waals surface area contributed by atoms with Gasteiger partial charge in [0, 0.05) is 0 Å². The molecule has 0 aromatic heterocycles. The monoisotopic (exact) mass is 234 g/mol. The molecule has 0 amide bonds. The third-order valence-electron chi connectivity index (χ3n) is 3.22. The first kappa shape index (κ1) is 13.8. The Morgan fingerprint density at radius 3 is 2.53 bits per heavy atom. The molecule has 0 aliphatic heterocycles. The van der Waals surface area contributed by atoms with Crippen LogP contribution < -0.4 is 0 Å². The molecule has 2 nitrogen and oxygen atoms in total. The molecule has 0 saturated carbocycles. The molecule has 1 aromatic rings. The fourth-order valence-corrected chi connectivity index (χ4v) is 1.67. The molecule has 94 valence electrons. The van der Waals surface area contributed by atoms with E-state index >= 15 is 0 Å². The van der Waals surface area contributed by atoms with Gasteiger partial charge in [-0.3, -0.25) is 4.79 Å². The fourth-order valence-electron chi connectivity index (χ4n) is 1.67. The molecule has 0 spiro atoms. The Kier molecular flexibility index (Phi) is 5.20. The molecule has 0 heterocycles. The Hall–Kier alpha value is -1.31. The van der Waals surface area contributed by atoms with Crippen molar-refractivity contribution in [3.8, 4) is 0 Å². The van der Waals surface area contributed by atoms with Crippen LogP contribution in [0.4, 0.5) is 0 Å². The van der Waals surface area contributed by atoms with Gasteiger partial charge in [0.05, 0.1) is 12.5 Å². The molecule has 0 aliphatic carbocycles. The maximum atomic E-state index is 11.9. The summed E-state index contributed by atoms with van der Waals surface area (Å²) >= 11 is 0. The van der Waals surface area contributed by atoms with E-state index < -0.39 is 0 Å². The van der Waals surface area contributed by atoms with Crippen LogP contribution in [0, 0.1) is 12.8 Å². The summed E-state index contributed by atoms with van der Waals surface area (Å²) in [5, 5.41) is 0. The SMILES string of the molecule is CCC(C)COC(=O)C(C)c1ccccc1C. The lowest BCUT2D eigenvalue weighted by Crippen LogP contribution is -2.17. The van der Waals surface area contributed by atoms with Gasteiger partial charge in [0.15, 0.2) is 0 Å². The predicted octanol–water partition coefficient (Wildman–Crippen LogP) is 3.69. The van der Waals surface area contributed by atoms with E-state index in [9.17, 15) is 4.79 Å². The summed E-state index contributed by atoms with van der Waals surface area (Å²) in [7, 11) is 0. The van der Waals surface area contributed by atoms with E-state index in [1.54, 1.807) is 0 Å². The molecular formula is C15H22O2. The Labute approximate surface area is 104 Å². The maximum Gasteiger partial charge on any atom is 0.313 e. The number of carbonyl (C=O) groups excluding carboxylic acids is 1. The number of benzene rings is 1. The zero-order chi connectivity index (χ0) is 12.8. The first-order valence-electron chi connectivity index (χ1n) is 6.28. The topological polar surface area (TPSA) is 26.3 Å². The number of ether oxygens (including phenoxy) is 1. The molecule has 1 rings (SSSR count). The third-order valence-corrected chi connectivity index (χ3v) is 3.22. The van der Waals surface area contributed by atoms with Gasteiger partial charge in [0.2, 0.25) is 0 Å². The van der Waals surface area contributed by atoms with Crippen molar-refractivity contribution >= 4 is 5.97 Å². The average molecular weight is 234 g/mol. The number of carbonyl (C=O) groups is 1. The highest BCUT2D eigenvalue weighted by Crippen LogP contribution is 2.20. The van der Waals surface area contributed by atoms with Crippen LogP contribution in [-0.4, -0.2) is 12.6 Å². The van der Waals surface area contributed by atoms with Crippen LogP contribution in [-0.2, 0) is 9.53 Å². The van der Waals surface area contributed by atoms with Gasteiger partial charge in [-0.15, -0.1) is 0 Å². The molecule has 0 radical (unpaired) electrons. The Morgan fingerprint density at radius 2 is 1.94 bits per heavy atom. The van der Waals surface area contributed by atoms with Gasteiger partial charge in [-0.2, -0.15) is 0 Å². The highest BCUT2D eigenvalue weighted by Gasteiger charge is 2.18. The van der Waals surface area contributed by atoms with Crippen LogP contribution in [0.5, 0.6) is 0 Å². The van der Waals surface area contributed by atoms with Crippen molar-refractivity contribution in [2.45, 2.75) is 40.0 Å². The van der Waals surface area contributed by atoms with Crippen LogP contribution in [0.2, 0.25) is 0 Å². The van der Waals surface area contributed by atoms with Crippen molar-refractivity contribution in [2.24, 2.45) is 5.92 Å². The molecule has 0 bridgehead atoms. The lowest BCUT2D eigenvalue weighted by atomic mass is 9.97. The van der Waals surface area contributed by atoms with Gasteiger partial charge in [0.25, 0.3) is 0 Å². The van der Waals surface area contributed by atoms with Crippen molar-refractivity contribution in [2.75, 3.05) is 6.61 Å². The Bertz CT molecular complexity index is 371. The van der Waals surface area contributed by atoms with E-state index in [1.165, 1.54) is 0 Å². The van der Waals surface area contributed by atoms with Crippen LogP contribution in [0.3, 0.4) is 0 Å². The highest BCUT2D eigenvalue weighted by atomic mass is 16.5. The normalized spacial score (nSPS) is 14.1. The van der Waals surface area contributed by atoms with Gasteiger partial charge in [-0.25, -0.2) is 0 Å². The minimum Gasteiger partial charge on any atom is -0.465 e. The largest absolute Gasteiger partial charge is 0.465 e. The average Bonchev–Trinajstić information content (AvgIpc) is 2.35. The molecule has 0 N–H and O–H groups in total. The summed E-state index contributed by atoms with van der Waals surface area (Å²) in [6.45, 7) is 8.63. The van der Waals surface area contributed by atoms with E-state index in [0.717, 1.165) is 17.5 Å². The van der Waals surface area contributed by atoms with Crippen molar-refractivity contribution in [3.05, 3.63) is 35.4 Å². The van der Waals surface area contributed by atoms with E-state index in [0.29, 0.717) is 12.5 Å². The smallest absolute Gasteiger partial charge is 0.313 e. The van der Waals surface area contributed by atoms with Crippen molar-refractivity contribution in [3.63, 3.8) is 0 Å². The van der Waals surface area contributed by atoms with Gasteiger partial charge in [-0.1, -0.05) is 44.5 Å². The minimum atomic E-state index is -0.180. The first-order chi connectivity index (χ1) is 8.06. The standard InChI is InChI=1S/C15H22O2/c1-5-11(2)10-17-15(16)13(4)14-9-7-6-8-12(14)3/h6-9,11,13H,5,10H2,1-4H3. The summed E-state index contributed by atoms with van der Waals surface area (Å²) in [5.74, 6) is 0.128. The van der Waals surface area contributed by atoms with Crippen molar-refractivity contribution in [1.82, 2.24) is 0 Å². The van der Waals surface area contributed by atoms with Gasteiger partial charge in [-0.05, 0) is 30.9 Å². The third kappa shape index (κ3) is 3.88. The molecule has 17 heavy (non-hydrogen) atoms. The minimum absolute atomic E-state index is 0.125. The fraction of sp³-hybridized carbons (Fsp3) is 0.533. The van der Waals surface area contributed by atoms with Gasteiger partial charge >= 0.3 is 5.97 Å². The molecule has 2 atom stereocenters. The second-order valence-electron chi connectivity index (χ2n) is 4.72. The second-order valence-corrected chi connectivity index (χ2v) is 4.72. The lowest BCUT2D eigenvalue weighted by Gasteiger charge is -2.15. The summed E-state index contributed by atoms with van der Waals surface area (Å²) in [4.78, 5) is 11.9.